The lowest BCUT2D eigenvalue weighted by Gasteiger charge is -2.13. The zero-order chi connectivity index (χ0) is 16.7. The van der Waals surface area contributed by atoms with Crippen LogP contribution in [0.1, 0.15) is 25.1 Å². The molecule has 0 fully saturated rings. The Labute approximate surface area is 140 Å². The van der Waals surface area contributed by atoms with Crippen molar-refractivity contribution in [2.45, 2.75) is 43.8 Å². The number of nitrogens with zero attached hydrogens (tertiary/aromatic N) is 2. The van der Waals surface area contributed by atoms with Gasteiger partial charge < -0.3 is 14.4 Å². The van der Waals surface area contributed by atoms with Gasteiger partial charge in [-0.25, -0.2) is 4.98 Å². The van der Waals surface area contributed by atoms with Gasteiger partial charge in [-0.1, -0.05) is 42.1 Å². The Bertz CT molecular complexity index is 628. The molecule has 0 amide bonds. The van der Waals surface area contributed by atoms with Crippen LogP contribution >= 0.6 is 11.8 Å². The highest BCUT2D eigenvalue weighted by molar-refractivity contribution is 8.00. The van der Waals surface area contributed by atoms with Crippen LogP contribution in [0.2, 0.25) is 0 Å². The van der Waals surface area contributed by atoms with Crippen LogP contribution < -0.4 is 0 Å². The first-order valence-electron chi connectivity index (χ1n) is 7.68. The number of hydrogen-bond acceptors (Lipinski definition) is 5. The first-order chi connectivity index (χ1) is 11.2. The number of thioether (sulfide) groups is 1. The molecule has 1 N–H and O–H groups in total. The Morgan fingerprint density at radius 3 is 2.78 bits per heavy atom. The van der Waals surface area contributed by atoms with Crippen LogP contribution in [0.25, 0.3) is 0 Å². The van der Waals surface area contributed by atoms with Gasteiger partial charge in [0, 0.05) is 6.54 Å². The summed E-state index contributed by atoms with van der Waals surface area (Å²) in [6.45, 7) is 4.60. The van der Waals surface area contributed by atoms with Gasteiger partial charge in [-0.3, -0.25) is 4.79 Å². The van der Waals surface area contributed by atoms with Crippen LogP contribution in [0.4, 0.5) is 0 Å². The van der Waals surface area contributed by atoms with E-state index in [0.717, 1.165) is 17.3 Å². The van der Waals surface area contributed by atoms with E-state index >= 15 is 0 Å². The van der Waals surface area contributed by atoms with Crippen molar-refractivity contribution >= 4 is 17.7 Å². The van der Waals surface area contributed by atoms with Crippen molar-refractivity contribution in [3.63, 3.8) is 0 Å². The number of aliphatic hydroxyl groups is 1. The number of ether oxygens (including phenoxy) is 1. The Morgan fingerprint density at radius 2 is 2.13 bits per heavy atom. The second-order valence-corrected chi connectivity index (χ2v) is 6.40. The van der Waals surface area contributed by atoms with Crippen LogP contribution in [-0.2, 0) is 29.1 Å². The number of aliphatic hydroxyl groups excluding tert-OH is 1. The number of esters is 1. The molecule has 0 aliphatic heterocycles. The summed E-state index contributed by atoms with van der Waals surface area (Å²) < 4.78 is 7.00. The largest absolute Gasteiger partial charge is 0.465 e. The molecule has 6 heteroatoms. The van der Waals surface area contributed by atoms with Crippen molar-refractivity contribution in [3.05, 3.63) is 47.8 Å². The zero-order valence-corrected chi connectivity index (χ0v) is 14.3. The van der Waals surface area contributed by atoms with E-state index in [-0.39, 0.29) is 17.8 Å². The number of carbonyl (C=O) groups excluding carboxylic acids is 1. The quantitative estimate of drug-likeness (QED) is 0.594. The van der Waals surface area contributed by atoms with Crippen LogP contribution in [0.3, 0.4) is 0 Å². The molecule has 0 radical (unpaired) electrons. The minimum atomic E-state index is -0.334. The van der Waals surface area contributed by atoms with E-state index in [9.17, 15) is 9.90 Å². The molecule has 1 atom stereocenters. The number of carbonyl (C=O) groups is 1. The van der Waals surface area contributed by atoms with Crippen LogP contribution in [0.15, 0.2) is 41.7 Å². The topological polar surface area (TPSA) is 64.3 Å². The van der Waals surface area contributed by atoms with Crippen molar-refractivity contribution < 1.29 is 14.6 Å². The maximum absolute atomic E-state index is 11.8. The van der Waals surface area contributed by atoms with E-state index in [4.69, 9.17) is 4.74 Å². The van der Waals surface area contributed by atoms with Crippen molar-refractivity contribution in [1.82, 2.24) is 9.55 Å². The lowest BCUT2D eigenvalue weighted by atomic mass is 10.1. The van der Waals surface area contributed by atoms with Gasteiger partial charge in [-0.15, -0.1) is 0 Å². The Balaban J connectivity index is 2.08. The van der Waals surface area contributed by atoms with E-state index in [1.54, 1.807) is 20.0 Å². The number of aromatic nitrogens is 2. The van der Waals surface area contributed by atoms with Crippen molar-refractivity contribution in [2.75, 3.05) is 6.61 Å². The second kappa shape index (κ2) is 8.74. The first-order valence-corrected chi connectivity index (χ1v) is 8.56. The highest BCUT2D eigenvalue weighted by Gasteiger charge is 2.19. The monoisotopic (exact) mass is 334 g/mol. The fraction of sp³-hybridized carbons (Fsp3) is 0.412. The smallest absolute Gasteiger partial charge is 0.319 e. The molecule has 0 unspecified atom stereocenters. The summed E-state index contributed by atoms with van der Waals surface area (Å²) in [7, 11) is 0. The number of imidazole rings is 1. The van der Waals surface area contributed by atoms with Crippen LogP contribution in [0, 0.1) is 0 Å². The first kappa shape index (κ1) is 17.6. The molecule has 1 heterocycles. The highest BCUT2D eigenvalue weighted by Crippen LogP contribution is 2.24. The van der Waals surface area contributed by atoms with E-state index in [2.05, 4.69) is 17.1 Å². The molecule has 0 bridgehead atoms. The molecule has 0 spiro atoms. The molecule has 124 valence electrons. The standard InChI is InChI=1S/C17H22N2O3S/c1-3-22-16(21)13(2)23-17-18-11-15(12-20)19(17)10-9-14-7-5-4-6-8-14/h4-8,11,13,20H,3,9-10,12H2,1-2H3/t13-/m1/s1. The van der Waals surface area contributed by atoms with E-state index < -0.39 is 0 Å². The molecule has 23 heavy (non-hydrogen) atoms. The molecular weight excluding hydrogens is 312 g/mol. The molecule has 0 saturated heterocycles. The molecule has 1 aromatic carbocycles. The van der Waals surface area contributed by atoms with Gasteiger partial charge in [-0.05, 0) is 25.8 Å². The van der Waals surface area contributed by atoms with Crippen LogP contribution in [0.5, 0.6) is 0 Å². The van der Waals surface area contributed by atoms with Gasteiger partial charge in [-0.2, -0.15) is 0 Å². The lowest BCUT2D eigenvalue weighted by molar-refractivity contribution is -0.142. The third-order valence-electron chi connectivity index (χ3n) is 3.43. The molecule has 5 nitrogen and oxygen atoms in total. The molecular formula is C17H22N2O3S. The predicted octanol–water partition coefficient (Wildman–Crippen LogP) is 2.66. The molecule has 0 saturated carbocycles. The van der Waals surface area contributed by atoms with Gasteiger partial charge in [0.1, 0.15) is 5.25 Å². The maximum atomic E-state index is 11.8. The number of aryl methyl sites for hydroxylation is 1. The average Bonchev–Trinajstić information content (AvgIpc) is 2.95. The normalized spacial score (nSPS) is 12.1. The Morgan fingerprint density at radius 1 is 1.39 bits per heavy atom. The third kappa shape index (κ3) is 4.84. The molecule has 1 aromatic heterocycles. The molecule has 0 aliphatic carbocycles. The van der Waals surface area contributed by atoms with Gasteiger partial charge in [0.2, 0.25) is 0 Å². The zero-order valence-electron chi connectivity index (χ0n) is 13.4. The minimum Gasteiger partial charge on any atom is -0.465 e. The van der Waals surface area contributed by atoms with E-state index in [0.29, 0.717) is 13.2 Å². The summed E-state index contributed by atoms with van der Waals surface area (Å²) in [6.07, 6.45) is 2.50. The number of rotatable bonds is 8. The summed E-state index contributed by atoms with van der Waals surface area (Å²) in [5.41, 5.74) is 1.97. The average molecular weight is 334 g/mol. The Hall–Kier alpha value is -1.79. The Kier molecular flexibility index (Phi) is 6.67. The van der Waals surface area contributed by atoms with Crippen molar-refractivity contribution in [2.24, 2.45) is 0 Å². The summed E-state index contributed by atoms with van der Waals surface area (Å²) in [5.74, 6) is -0.249. The summed E-state index contributed by atoms with van der Waals surface area (Å²) in [5, 5.41) is 9.89. The lowest BCUT2D eigenvalue weighted by Crippen LogP contribution is -2.18. The summed E-state index contributed by atoms with van der Waals surface area (Å²) >= 11 is 1.36. The molecule has 2 rings (SSSR count). The van der Waals surface area contributed by atoms with Crippen molar-refractivity contribution in [3.8, 4) is 0 Å². The van der Waals surface area contributed by atoms with E-state index in [1.807, 2.05) is 22.8 Å². The summed E-state index contributed by atoms with van der Waals surface area (Å²) in [4.78, 5) is 16.1. The van der Waals surface area contributed by atoms with Crippen LogP contribution in [-0.4, -0.2) is 32.5 Å². The maximum Gasteiger partial charge on any atom is 0.319 e. The van der Waals surface area contributed by atoms with Gasteiger partial charge >= 0.3 is 5.97 Å². The fourth-order valence-electron chi connectivity index (χ4n) is 2.20. The van der Waals surface area contributed by atoms with Crippen molar-refractivity contribution in [1.29, 1.82) is 0 Å². The fourth-order valence-corrected chi connectivity index (χ4v) is 3.13. The van der Waals surface area contributed by atoms with E-state index in [1.165, 1.54) is 17.3 Å². The SMILES string of the molecule is CCOC(=O)[C@@H](C)Sc1ncc(CO)n1CCc1ccccc1. The minimum absolute atomic E-state index is 0.0733. The van der Waals surface area contributed by atoms with Gasteiger partial charge in [0.15, 0.2) is 5.16 Å². The summed E-state index contributed by atoms with van der Waals surface area (Å²) in [6, 6.07) is 10.2. The number of hydrogen-bond donors (Lipinski definition) is 1. The van der Waals surface area contributed by atoms with Gasteiger partial charge in [0.25, 0.3) is 0 Å². The third-order valence-corrected chi connectivity index (χ3v) is 4.51. The van der Waals surface area contributed by atoms with Gasteiger partial charge in [0.05, 0.1) is 25.1 Å². The number of benzene rings is 1. The second-order valence-electron chi connectivity index (χ2n) is 5.09. The predicted molar refractivity (Wildman–Crippen MR) is 90.2 cm³/mol. The highest BCUT2D eigenvalue weighted by atomic mass is 32.2. The molecule has 0 aliphatic rings. The molecule has 2 aromatic rings.